The van der Waals surface area contributed by atoms with Gasteiger partial charge in [-0.15, -0.1) is 0 Å². The number of rotatable bonds is 7. The Morgan fingerprint density at radius 1 is 1.25 bits per heavy atom. The van der Waals surface area contributed by atoms with Crippen molar-refractivity contribution in [2.75, 3.05) is 19.5 Å². The van der Waals surface area contributed by atoms with Gasteiger partial charge in [0.2, 0.25) is 0 Å². The van der Waals surface area contributed by atoms with Crippen LogP contribution in [0.25, 0.3) is 0 Å². The van der Waals surface area contributed by atoms with Crippen molar-refractivity contribution < 1.29 is 9.47 Å². The molecule has 3 heteroatoms. The summed E-state index contributed by atoms with van der Waals surface area (Å²) in [6, 6.07) is 0. The highest BCUT2D eigenvalue weighted by atomic mass is 32.1. The molecule has 0 aromatic carbocycles. The van der Waals surface area contributed by atoms with Gasteiger partial charge in [0.05, 0.1) is 12.2 Å². The molecule has 0 aromatic heterocycles. The lowest BCUT2D eigenvalue weighted by molar-refractivity contribution is -0.0322. The average Bonchev–Trinajstić information content (AvgIpc) is 2.30. The van der Waals surface area contributed by atoms with Gasteiger partial charge in [-0.1, -0.05) is 6.92 Å². The highest BCUT2D eigenvalue weighted by Crippen LogP contribution is 2.23. The van der Waals surface area contributed by atoms with Crippen molar-refractivity contribution in [1.29, 1.82) is 0 Å². The fraction of sp³-hybridized carbons (Fsp3) is 1.00. The molecule has 1 aliphatic rings. The molecular formula is C13H26O2S. The van der Waals surface area contributed by atoms with Crippen molar-refractivity contribution in [2.24, 2.45) is 5.92 Å². The molecule has 1 fully saturated rings. The highest BCUT2D eigenvalue weighted by Gasteiger charge is 2.21. The van der Waals surface area contributed by atoms with Crippen molar-refractivity contribution in [3.63, 3.8) is 0 Å². The van der Waals surface area contributed by atoms with E-state index >= 15 is 0 Å². The molecule has 0 spiro atoms. The normalized spacial score (nSPS) is 27.9. The van der Waals surface area contributed by atoms with Crippen LogP contribution in [0.3, 0.4) is 0 Å². The second kappa shape index (κ2) is 8.37. The minimum absolute atomic E-state index is 0.425. The molecule has 0 heterocycles. The number of methoxy groups -OCH3 is 1. The molecule has 3 unspecified atom stereocenters. The minimum Gasteiger partial charge on any atom is -0.381 e. The summed E-state index contributed by atoms with van der Waals surface area (Å²) in [5, 5.41) is 0. The molecule has 96 valence electrons. The zero-order valence-electron chi connectivity index (χ0n) is 10.7. The third kappa shape index (κ3) is 5.55. The molecule has 0 aliphatic heterocycles. The first kappa shape index (κ1) is 14.3. The van der Waals surface area contributed by atoms with E-state index in [2.05, 4.69) is 19.6 Å². The Labute approximate surface area is 105 Å². The standard InChI is InChI=1S/C13H26O2S/c1-11(7-9-16)6-8-15-13-5-3-4-12(10-13)14-2/h11-13,16H,3-10H2,1-2H3. The molecule has 0 radical (unpaired) electrons. The van der Waals surface area contributed by atoms with E-state index in [1.165, 1.54) is 25.7 Å². The van der Waals surface area contributed by atoms with Crippen molar-refractivity contribution >= 4 is 12.6 Å². The van der Waals surface area contributed by atoms with Crippen LogP contribution in [-0.4, -0.2) is 31.7 Å². The fourth-order valence-corrected chi connectivity index (χ4v) is 2.71. The van der Waals surface area contributed by atoms with E-state index in [-0.39, 0.29) is 0 Å². The van der Waals surface area contributed by atoms with Crippen molar-refractivity contribution in [2.45, 2.75) is 57.7 Å². The second-order valence-corrected chi connectivity index (χ2v) is 5.37. The quantitative estimate of drug-likeness (QED) is 0.695. The third-order valence-corrected chi connectivity index (χ3v) is 3.76. The van der Waals surface area contributed by atoms with Gasteiger partial charge in [-0.2, -0.15) is 12.6 Å². The van der Waals surface area contributed by atoms with Crippen LogP contribution in [0.15, 0.2) is 0 Å². The molecule has 1 rings (SSSR count). The summed E-state index contributed by atoms with van der Waals surface area (Å²) in [5.74, 6) is 1.72. The predicted octanol–water partition coefficient (Wildman–Crippen LogP) is 3.31. The maximum absolute atomic E-state index is 5.93. The first-order valence-electron chi connectivity index (χ1n) is 6.51. The fourth-order valence-electron chi connectivity index (χ4n) is 2.27. The number of hydrogen-bond acceptors (Lipinski definition) is 3. The molecule has 0 N–H and O–H groups in total. The maximum atomic E-state index is 5.93. The lowest BCUT2D eigenvalue weighted by Gasteiger charge is -2.28. The van der Waals surface area contributed by atoms with Gasteiger partial charge in [-0.25, -0.2) is 0 Å². The smallest absolute Gasteiger partial charge is 0.0599 e. The first-order valence-corrected chi connectivity index (χ1v) is 7.14. The van der Waals surface area contributed by atoms with E-state index in [0.717, 1.165) is 31.1 Å². The van der Waals surface area contributed by atoms with Gasteiger partial charge in [0.15, 0.2) is 0 Å². The van der Waals surface area contributed by atoms with Gasteiger partial charge in [-0.05, 0) is 50.2 Å². The van der Waals surface area contributed by atoms with Gasteiger partial charge >= 0.3 is 0 Å². The number of thiol groups is 1. The Balaban J connectivity index is 2.08. The Hall–Kier alpha value is 0.270. The maximum Gasteiger partial charge on any atom is 0.0599 e. The first-order chi connectivity index (χ1) is 7.76. The molecule has 3 atom stereocenters. The third-order valence-electron chi connectivity index (χ3n) is 3.50. The molecular weight excluding hydrogens is 220 g/mol. The van der Waals surface area contributed by atoms with E-state index in [9.17, 15) is 0 Å². The number of hydrogen-bond donors (Lipinski definition) is 1. The number of ether oxygens (including phenoxy) is 2. The molecule has 0 saturated heterocycles. The molecule has 1 aliphatic carbocycles. The SMILES string of the molecule is COC1CCCC(OCCC(C)CCS)C1. The van der Waals surface area contributed by atoms with Crippen LogP contribution >= 0.6 is 12.6 Å². The summed E-state index contributed by atoms with van der Waals surface area (Å²) >= 11 is 4.25. The molecule has 0 aromatic rings. The van der Waals surface area contributed by atoms with Crippen LogP contribution in [0, 0.1) is 5.92 Å². The van der Waals surface area contributed by atoms with Gasteiger partial charge < -0.3 is 9.47 Å². The Kier molecular flexibility index (Phi) is 7.50. The lowest BCUT2D eigenvalue weighted by Crippen LogP contribution is -2.28. The van der Waals surface area contributed by atoms with E-state index in [0.29, 0.717) is 12.2 Å². The Morgan fingerprint density at radius 3 is 2.69 bits per heavy atom. The van der Waals surface area contributed by atoms with Gasteiger partial charge in [0.1, 0.15) is 0 Å². The average molecular weight is 246 g/mol. The predicted molar refractivity (Wildman–Crippen MR) is 71.3 cm³/mol. The topological polar surface area (TPSA) is 18.5 Å². The zero-order chi connectivity index (χ0) is 11.8. The summed E-state index contributed by atoms with van der Waals surface area (Å²) in [6.07, 6.45) is 7.95. The monoisotopic (exact) mass is 246 g/mol. The lowest BCUT2D eigenvalue weighted by atomic mass is 9.95. The van der Waals surface area contributed by atoms with Crippen LogP contribution in [0.5, 0.6) is 0 Å². The molecule has 1 saturated carbocycles. The minimum atomic E-state index is 0.425. The summed E-state index contributed by atoms with van der Waals surface area (Å²) < 4.78 is 11.3. The summed E-state index contributed by atoms with van der Waals surface area (Å²) in [5.41, 5.74) is 0. The molecule has 2 nitrogen and oxygen atoms in total. The molecule has 0 amide bonds. The van der Waals surface area contributed by atoms with Crippen molar-refractivity contribution in [3.05, 3.63) is 0 Å². The Morgan fingerprint density at radius 2 is 2.00 bits per heavy atom. The van der Waals surface area contributed by atoms with E-state index < -0.39 is 0 Å². The molecule has 0 bridgehead atoms. The highest BCUT2D eigenvalue weighted by molar-refractivity contribution is 7.80. The largest absolute Gasteiger partial charge is 0.381 e. The Bertz CT molecular complexity index is 175. The van der Waals surface area contributed by atoms with Crippen LogP contribution in [0.1, 0.15) is 45.4 Å². The van der Waals surface area contributed by atoms with E-state index in [1.807, 2.05) is 7.11 Å². The van der Waals surface area contributed by atoms with Crippen LogP contribution in [0.4, 0.5) is 0 Å². The van der Waals surface area contributed by atoms with Crippen molar-refractivity contribution in [1.82, 2.24) is 0 Å². The van der Waals surface area contributed by atoms with Gasteiger partial charge in [0.25, 0.3) is 0 Å². The zero-order valence-corrected chi connectivity index (χ0v) is 11.5. The summed E-state index contributed by atoms with van der Waals surface area (Å²) in [6.45, 7) is 3.18. The summed E-state index contributed by atoms with van der Waals surface area (Å²) in [7, 11) is 1.81. The van der Waals surface area contributed by atoms with Crippen LogP contribution in [0.2, 0.25) is 0 Å². The van der Waals surface area contributed by atoms with Crippen LogP contribution < -0.4 is 0 Å². The second-order valence-electron chi connectivity index (χ2n) is 4.92. The summed E-state index contributed by atoms with van der Waals surface area (Å²) in [4.78, 5) is 0. The van der Waals surface area contributed by atoms with E-state index in [1.54, 1.807) is 0 Å². The van der Waals surface area contributed by atoms with Crippen molar-refractivity contribution in [3.8, 4) is 0 Å². The van der Waals surface area contributed by atoms with Crippen LogP contribution in [-0.2, 0) is 9.47 Å². The van der Waals surface area contributed by atoms with E-state index in [4.69, 9.17) is 9.47 Å². The van der Waals surface area contributed by atoms with Gasteiger partial charge in [-0.3, -0.25) is 0 Å². The van der Waals surface area contributed by atoms with Gasteiger partial charge in [0, 0.05) is 13.7 Å². The molecule has 16 heavy (non-hydrogen) atoms.